The summed E-state index contributed by atoms with van der Waals surface area (Å²) in [5.74, 6) is 1.47. The minimum absolute atomic E-state index is 0.189. The molecule has 0 amide bonds. The van der Waals surface area contributed by atoms with Gasteiger partial charge in [-0.3, -0.25) is 4.99 Å². The zero-order valence-electron chi connectivity index (χ0n) is 10.2. The second-order valence-corrected chi connectivity index (χ2v) is 5.28. The third kappa shape index (κ3) is 3.73. The number of aliphatic imine (C=N–C) groups is 1. The molecule has 0 bridgehead atoms. The van der Waals surface area contributed by atoms with Gasteiger partial charge >= 0.3 is 0 Å². The average Bonchev–Trinajstić information content (AvgIpc) is 2.46. The van der Waals surface area contributed by atoms with Gasteiger partial charge in [0.15, 0.2) is 0 Å². The Balaban J connectivity index is 1.95. The number of aliphatic hydroxyl groups excluding tert-OH is 2. The highest BCUT2D eigenvalue weighted by Crippen LogP contribution is 2.19. The molecule has 3 N–H and O–H groups in total. The lowest BCUT2D eigenvalue weighted by atomic mass is 10.2. The van der Waals surface area contributed by atoms with E-state index in [-0.39, 0.29) is 6.61 Å². The highest BCUT2D eigenvalue weighted by atomic mass is 32.2. The highest BCUT2D eigenvalue weighted by molar-refractivity contribution is 7.99. The Morgan fingerprint density at radius 3 is 2.72 bits per heavy atom. The Hall–Kier alpha value is -1.04. The third-order valence-electron chi connectivity index (χ3n) is 2.68. The van der Waals surface area contributed by atoms with Crippen LogP contribution in [0, 0.1) is 0 Å². The molecule has 0 aromatic heterocycles. The summed E-state index contributed by atoms with van der Waals surface area (Å²) in [6.45, 7) is 1.69. The van der Waals surface area contributed by atoms with Crippen LogP contribution in [0.5, 0.6) is 0 Å². The van der Waals surface area contributed by atoms with Gasteiger partial charge in [-0.1, -0.05) is 12.1 Å². The second-order valence-electron chi connectivity index (χ2n) is 4.18. The van der Waals surface area contributed by atoms with Gasteiger partial charge in [-0.2, -0.15) is 0 Å². The van der Waals surface area contributed by atoms with Crippen molar-refractivity contribution in [3.8, 4) is 0 Å². The van der Waals surface area contributed by atoms with Gasteiger partial charge in [0.2, 0.25) is 0 Å². The van der Waals surface area contributed by atoms with E-state index in [1.165, 1.54) is 11.8 Å². The lowest BCUT2D eigenvalue weighted by molar-refractivity contribution is 0.113. The molecule has 0 saturated carbocycles. The average molecular weight is 266 g/mol. The van der Waals surface area contributed by atoms with Crippen molar-refractivity contribution in [1.82, 2.24) is 5.32 Å². The van der Waals surface area contributed by atoms with E-state index in [2.05, 4.69) is 10.3 Å². The highest BCUT2D eigenvalue weighted by Gasteiger charge is 2.07. The molecule has 0 fully saturated rings. The predicted molar refractivity (Wildman–Crippen MR) is 74.3 cm³/mol. The first-order chi connectivity index (χ1) is 8.79. The molecule has 0 spiro atoms. The van der Waals surface area contributed by atoms with Crippen molar-refractivity contribution in [2.45, 2.75) is 17.4 Å². The molecule has 0 aliphatic carbocycles. The smallest absolute Gasteiger partial charge is 0.128 e. The molecule has 5 heteroatoms. The standard InChI is InChI=1S/C13H18N2O2S/c16-8-11(17)9-18-12-4-2-10(3-5-12)13-14-6-1-7-15-13/h2-5,11,16-17H,1,6-9H2,(H,14,15). The van der Waals surface area contributed by atoms with Gasteiger partial charge in [-0.25, -0.2) is 0 Å². The molecule has 18 heavy (non-hydrogen) atoms. The van der Waals surface area contributed by atoms with Crippen molar-refractivity contribution < 1.29 is 10.2 Å². The molecule has 1 aromatic carbocycles. The molecule has 1 heterocycles. The maximum Gasteiger partial charge on any atom is 0.128 e. The van der Waals surface area contributed by atoms with E-state index < -0.39 is 6.10 Å². The summed E-state index contributed by atoms with van der Waals surface area (Å²) in [6, 6.07) is 8.10. The molecule has 1 atom stereocenters. The van der Waals surface area contributed by atoms with Gasteiger partial charge in [-0.05, 0) is 18.6 Å². The normalized spacial score (nSPS) is 16.9. The maximum absolute atomic E-state index is 9.28. The van der Waals surface area contributed by atoms with Gasteiger partial charge in [0, 0.05) is 29.3 Å². The number of benzene rings is 1. The van der Waals surface area contributed by atoms with Gasteiger partial charge < -0.3 is 15.5 Å². The van der Waals surface area contributed by atoms with Crippen LogP contribution in [-0.2, 0) is 0 Å². The van der Waals surface area contributed by atoms with E-state index in [0.717, 1.165) is 35.8 Å². The molecule has 4 nitrogen and oxygen atoms in total. The van der Waals surface area contributed by atoms with Crippen molar-refractivity contribution >= 4 is 17.6 Å². The van der Waals surface area contributed by atoms with Crippen LogP contribution in [0.15, 0.2) is 34.2 Å². The van der Waals surface area contributed by atoms with Crippen LogP contribution in [0.3, 0.4) is 0 Å². The molecule has 2 rings (SSSR count). The predicted octanol–water partition coefficient (Wildman–Crippen LogP) is 0.872. The molecule has 1 aromatic rings. The van der Waals surface area contributed by atoms with Crippen LogP contribution in [0.1, 0.15) is 12.0 Å². The monoisotopic (exact) mass is 266 g/mol. The first kappa shape index (κ1) is 13.4. The summed E-state index contributed by atoms with van der Waals surface area (Å²) >= 11 is 1.54. The van der Waals surface area contributed by atoms with Crippen molar-refractivity contribution in [3.05, 3.63) is 29.8 Å². The van der Waals surface area contributed by atoms with E-state index in [9.17, 15) is 5.11 Å². The van der Waals surface area contributed by atoms with E-state index in [1.54, 1.807) is 0 Å². The molecule has 0 saturated heterocycles. The van der Waals surface area contributed by atoms with E-state index in [4.69, 9.17) is 5.11 Å². The Bertz CT molecular complexity index is 406. The molecule has 1 unspecified atom stereocenters. The fourth-order valence-corrected chi connectivity index (χ4v) is 2.50. The number of thioether (sulfide) groups is 1. The lowest BCUT2D eigenvalue weighted by Crippen LogP contribution is -2.30. The van der Waals surface area contributed by atoms with Crippen LogP contribution in [0.4, 0.5) is 0 Å². The third-order valence-corrected chi connectivity index (χ3v) is 3.84. The molecule has 98 valence electrons. The molecular weight excluding hydrogens is 248 g/mol. The first-order valence-corrected chi connectivity index (χ1v) is 7.08. The molecule has 1 aliphatic heterocycles. The van der Waals surface area contributed by atoms with Crippen LogP contribution < -0.4 is 5.32 Å². The van der Waals surface area contributed by atoms with Gasteiger partial charge in [0.1, 0.15) is 5.84 Å². The zero-order chi connectivity index (χ0) is 12.8. The lowest BCUT2D eigenvalue weighted by Gasteiger charge is -2.15. The Kier molecular flexibility index (Phi) is 5.04. The summed E-state index contributed by atoms with van der Waals surface area (Å²) in [4.78, 5) is 5.53. The molecule has 1 aliphatic rings. The zero-order valence-corrected chi connectivity index (χ0v) is 11.0. The van der Waals surface area contributed by atoms with Crippen molar-refractivity contribution in [2.24, 2.45) is 4.99 Å². The van der Waals surface area contributed by atoms with Gasteiger partial charge in [-0.15, -0.1) is 11.8 Å². The van der Waals surface area contributed by atoms with E-state index >= 15 is 0 Å². The van der Waals surface area contributed by atoms with Crippen LogP contribution >= 0.6 is 11.8 Å². The van der Waals surface area contributed by atoms with Gasteiger partial charge in [0.25, 0.3) is 0 Å². The van der Waals surface area contributed by atoms with Crippen molar-refractivity contribution in [2.75, 3.05) is 25.4 Å². The minimum atomic E-state index is -0.654. The van der Waals surface area contributed by atoms with Crippen molar-refractivity contribution in [1.29, 1.82) is 0 Å². The van der Waals surface area contributed by atoms with Crippen LogP contribution in [0.2, 0.25) is 0 Å². The quantitative estimate of drug-likeness (QED) is 0.692. The van der Waals surface area contributed by atoms with Crippen LogP contribution in [0.25, 0.3) is 0 Å². The molecular formula is C13H18N2O2S. The second kappa shape index (κ2) is 6.78. The topological polar surface area (TPSA) is 64.8 Å². The molecule has 0 radical (unpaired) electrons. The summed E-state index contributed by atoms with van der Waals surface area (Å²) in [5.41, 5.74) is 1.10. The number of amidine groups is 1. The largest absolute Gasteiger partial charge is 0.394 e. The SMILES string of the molecule is OCC(O)CSc1ccc(C2=NCCCN2)cc1. The number of nitrogens with zero attached hydrogens (tertiary/aromatic N) is 1. The summed E-state index contributed by atoms with van der Waals surface area (Å²) < 4.78 is 0. The minimum Gasteiger partial charge on any atom is -0.394 e. The van der Waals surface area contributed by atoms with E-state index in [0.29, 0.717) is 5.75 Å². The maximum atomic E-state index is 9.28. The van der Waals surface area contributed by atoms with Crippen LogP contribution in [-0.4, -0.2) is 47.6 Å². The fraction of sp³-hybridized carbons (Fsp3) is 0.462. The van der Waals surface area contributed by atoms with Crippen molar-refractivity contribution in [3.63, 3.8) is 0 Å². The fourth-order valence-electron chi connectivity index (χ4n) is 1.68. The summed E-state index contributed by atoms with van der Waals surface area (Å²) in [5, 5.41) is 21.3. The number of aliphatic hydroxyl groups is 2. The Morgan fingerprint density at radius 2 is 2.11 bits per heavy atom. The number of nitrogens with one attached hydrogen (secondary N) is 1. The van der Waals surface area contributed by atoms with Gasteiger partial charge in [0.05, 0.1) is 12.7 Å². The summed E-state index contributed by atoms with van der Waals surface area (Å²) in [6.07, 6.45) is 0.440. The number of hydrogen-bond donors (Lipinski definition) is 3. The first-order valence-electron chi connectivity index (χ1n) is 6.10. The Morgan fingerprint density at radius 1 is 1.33 bits per heavy atom. The summed E-state index contributed by atoms with van der Waals surface area (Å²) in [7, 11) is 0. The number of hydrogen-bond acceptors (Lipinski definition) is 5. The number of rotatable bonds is 5. The Labute approximate surface area is 111 Å². The van der Waals surface area contributed by atoms with E-state index in [1.807, 2.05) is 24.3 Å².